The molecule has 6 heteroatoms. The molecule has 0 amide bonds. The number of benzene rings is 1. The van der Waals surface area contributed by atoms with Crippen molar-refractivity contribution < 1.29 is 24.1 Å². The number of hydrogen-bond acceptors (Lipinski definition) is 5. The van der Waals surface area contributed by atoms with Gasteiger partial charge in [0.15, 0.2) is 11.5 Å². The highest BCUT2D eigenvalue weighted by atomic mass is 16.5. The number of nitrogens with one attached hydrogen (secondary N) is 1. The van der Waals surface area contributed by atoms with Crippen molar-refractivity contribution in [2.75, 3.05) is 21.3 Å². The Labute approximate surface area is 125 Å². The average Bonchev–Trinajstić information content (AvgIpc) is 2.45. The van der Waals surface area contributed by atoms with Crippen molar-refractivity contribution in [3.8, 4) is 17.2 Å². The first-order valence-electron chi connectivity index (χ1n) is 6.69. The standard InChI is InChI=1S/C15H23NO5/c1-9(2)13(15(17)18)16-8-10-6-11(19-3)14(21-5)12(7-10)20-4/h6-7,9,13,16H,8H2,1-5H3,(H,17,18)/t13-/m1/s1. The van der Waals surface area contributed by atoms with E-state index in [-0.39, 0.29) is 5.92 Å². The number of carboxylic acids is 1. The van der Waals surface area contributed by atoms with Crippen LogP contribution in [0.25, 0.3) is 0 Å². The Morgan fingerprint density at radius 1 is 1.14 bits per heavy atom. The van der Waals surface area contributed by atoms with Crippen LogP contribution in [0.15, 0.2) is 12.1 Å². The van der Waals surface area contributed by atoms with Crippen LogP contribution in [-0.4, -0.2) is 38.4 Å². The van der Waals surface area contributed by atoms with Gasteiger partial charge in [-0.2, -0.15) is 0 Å². The summed E-state index contributed by atoms with van der Waals surface area (Å²) in [4.78, 5) is 11.2. The molecule has 1 atom stereocenters. The van der Waals surface area contributed by atoms with E-state index in [9.17, 15) is 9.90 Å². The monoisotopic (exact) mass is 297 g/mol. The lowest BCUT2D eigenvalue weighted by Crippen LogP contribution is -2.40. The van der Waals surface area contributed by atoms with Crippen LogP contribution >= 0.6 is 0 Å². The Bertz CT molecular complexity index is 462. The summed E-state index contributed by atoms with van der Waals surface area (Å²) in [6, 6.07) is 2.99. The molecular weight excluding hydrogens is 274 g/mol. The molecule has 0 radical (unpaired) electrons. The molecule has 0 bridgehead atoms. The molecule has 0 heterocycles. The van der Waals surface area contributed by atoms with Crippen molar-refractivity contribution in [2.45, 2.75) is 26.4 Å². The molecule has 0 spiro atoms. The second kappa shape index (κ2) is 7.73. The molecule has 0 saturated carbocycles. The molecule has 0 aliphatic rings. The van der Waals surface area contributed by atoms with Gasteiger partial charge in [-0.05, 0) is 23.6 Å². The summed E-state index contributed by atoms with van der Waals surface area (Å²) >= 11 is 0. The van der Waals surface area contributed by atoms with Gasteiger partial charge in [-0.1, -0.05) is 13.8 Å². The predicted molar refractivity (Wildman–Crippen MR) is 79.2 cm³/mol. The van der Waals surface area contributed by atoms with E-state index in [0.717, 1.165) is 5.56 Å². The van der Waals surface area contributed by atoms with Gasteiger partial charge in [0.2, 0.25) is 5.75 Å². The van der Waals surface area contributed by atoms with Gasteiger partial charge in [0, 0.05) is 6.54 Å². The maximum Gasteiger partial charge on any atom is 0.320 e. The fourth-order valence-corrected chi connectivity index (χ4v) is 2.07. The number of carbonyl (C=O) groups is 1. The highest BCUT2D eigenvalue weighted by Gasteiger charge is 2.21. The Morgan fingerprint density at radius 3 is 2.00 bits per heavy atom. The molecule has 6 nitrogen and oxygen atoms in total. The van der Waals surface area contributed by atoms with Crippen molar-refractivity contribution in [2.24, 2.45) is 5.92 Å². The Balaban J connectivity index is 2.96. The summed E-state index contributed by atoms with van der Waals surface area (Å²) in [6.45, 7) is 4.12. The molecule has 2 N–H and O–H groups in total. The van der Waals surface area contributed by atoms with E-state index in [1.165, 1.54) is 7.11 Å². The van der Waals surface area contributed by atoms with E-state index >= 15 is 0 Å². The summed E-state index contributed by atoms with van der Waals surface area (Å²) in [5.41, 5.74) is 0.858. The summed E-state index contributed by atoms with van der Waals surface area (Å²) in [7, 11) is 4.63. The maximum atomic E-state index is 11.2. The molecule has 0 saturated heterocycles. The minimum Gasteiger partial charge on any atom is -0.493 e. The molecule has 0 fully saturated rings. The number of carboxylic acid groups (broad SMARTS) is 1. The van der Waals surface area contributed by atoms with Crippen molar-refractivity contribution in [3.05, 3.63) is 17.7 Å². The quantitative estimate of drug-likeness (QED) is 0.763. The zero-order chi connectivity index (χ0) is 16.0. The number of aliphatic carboxylic acids is 1. The molecule has 0 unspecified atom stereocenters. The van der Waals surface area contributed by atoms with Crippen molar-refractivity contribution >= 4 is 5.97 Å². The minimum atomic E-state index is -0.863. The summed E-state index contributed by atoms with van der Waals surface area (Å²) in [5, 5.41) is 12.2. The normalized spacial score (nSPS) is 12.1. The van der Waals surface area contributed by atoms with Crippen LogP contribution in [0.1, 0.15) is 19.4 Å². The van der Waals surface area contributed by atoms with Crippen LogP contribution in [0.5, 0.6) is 17.2 Å². The summed E-state index contributed by atoms with van der Waals surface area (Å²) < 4.78 is 15.8. The van der Waals surface area contributed by atoms with Crippen LogP contribution in [0.4, 0.5) is 0 Å². The van der Waals surface area contributed by atoms with Gasteiger partial charge in [-0.3, -0.25) is 4.79 Å². The van der Waals surface area contributed by atoms with E-state index in [1.54, 1.807) is 26.4 Å². The lowest BCUT2D eigenvalue weighted by atomic mass is 10.0. The van der Waals surface area contributed by atoms with Gasteiger partial charge < -0.3 is 24.6 Å². The lowest BCUT2D eigenvalue weighted by molar-refractivity contribution is -0.140. The minimum absolute atomic E-state index is 0.00969. The van der Waals surface area contributed by atoms with Crippen LogP contribution in [0, 0.1) is 5.92 Å². The molecule has 0 aliphatic carbocycles. The topological polar surface area (TPSA) is 77.0 Å². The fraction of sp³-hybridized carbons (Fsp3) is 0.533. The number of ether oxygens (including phenoxy) is 3. The molecule has 1 rings (SSSR count). The maximum absolute atomic E-state index is 11.2. The largest absolute Gasteiger partial charge is 0.493 e. The van der Waals surface area contributed by atoms with Crippen LogP contribution in [0.2, 0.25) is 0 Å². The molecule has 1 aromatic carbocycles. The van der Waals surface area contributed by atoms with E-state index < -0.39 is 12.0 Å². The molecule has 21 heavy (non-hydrogen) atoms. The zero-order valence-electron chi connectivity index (χ0n) is 13.1. The fourth-order valence-electron chi connectivity index (χ4n) is 2.07. The molecule has 1 aromatic rings. The van der Waals surface area contributed by atoms with Crippen LogP contribution in [0.3, 0.4) is 0 Å². The third-order valence-corrected chi connectivity index (χ3v) is 3.18. The number of rotatable bonds is 8. The molecule has 0 aliphatic heterocycles. The average molecular weight is 297 g/mol. The highest BCUT2D eigenvalue weighted by molar-refractivity contribution is 5.73. The third-order valence-electron chi connectivity index (χ3n) is 3.18. The highest BCUT2D eigenvalue weighted by Crippen LogP contribution is 2.38. The molecule has 118 valence electrons. The third kappa shape index (κ3) is 4.26. The predicted octanol–water partition coefficient (Wildman–Crippen LogP) is 1.91. The van der Waals surface area contributed by atoms with E-state index in [0.29, 0.717) is 23.8 Å². The van der Waals surface area contributed by atoms with Gasteiger partial charge >= 0.3 is 5.97 Å². The van der Waals surface area contributed by atoms with Crippen LogP contribution in [-0.2, 0) is 11.3 Å². The number of methoxy groups -OCH3 is 3. The van der Waals surface area contributed by atoms with Crippen LogP contribution < -0.4 is 19.5 Å². The number of hydrogen-bond donors (Lipinski definition) is 2. The zero-order valence-corrected chi connectivity index (χ0v) is 13.1. The Hall–Kier alpha value is -1.95. The molecular formula is C15H23NO5. The SMILES string of the molecule is COc1cc(CN[C@@H](C(=O)O)C(C)C)cc(OC)c1OC. The first-order chi connectivity index (χ1) is 9.94. The van der Waals surface area contributed by atoms with Gasteiger partial charge in [0.25, 0.3) is 0 Å². The second-order valence-electron chi connectivity index (χ2n) is 4.97. The van der Waals surface area contributed by atoms with Crippen molar-refractivity contribution in [1.29, 1.82) is 0 Å². The van der Waals surface area contributed by atoms with Crippen molar-refractivity contribution in [1.82, 2.24) is 5.32 Å². The lowest BCUT2D eigenvalue weighted by Gasteiger charge is -2.19. The smallest absolute Gasteiger partial charge is 0.320 e. The van der Waals surface area contributed by atoms with Gasteiger partial charge in [0.1, 0.15) is 6.04 Å². The van der Waals surface area contributed by atoms with E-state index in [4.69, 9.17) is 14.2 Å². The van der Waals surface area contributed by atoms with Gasteiger partial charge in [-0.25, -0.2) is 0 Å². The molecule has 0 aromatic heterocycles. The van der Waals surface area contributed by atoms with E-state index in [1.807, 2.05) is 13.8 Å². The van der Waals surface area contributed by atoms with Gasteiger partial charge in [0.05, 0.1) is 21.3 Å². The van der Waals surface area contributed by atoms with E-state index in [2.05, 4.69) is 5.32 Å². The first-order valence-corrected chi connectivity index (χ1v) is 6.69. The Kier molecular flexibility index (Phi) is 6.30. The Morgan fingerprint density at radius 2 is 1.67 bits per heavy atom. The second-order valence-corrected chi connectivity index (χ2v) is 4.97. The van der Waals surface area contributed by atoms with Crippen molar-refractivity contribution in [3.63, 3.8) is 0 Å². The summed E-state index contributed by atoms with van der Waals surface area (Å²) in [5.74, 6) is 0.736. The van der Waals surface area contributed by atoms with Gasteiger partial charge in [-0.15, -0.1) is 0 Å². The first kappa shape index (κ1) is 17.1. The summed E-state index contributed by atoms with van der Waals surface area (Å²) in [6.07, 6.45) is 0.